The molecule has 4 bridgehead atoms. The Labute approximate surface area is 639 Å². The molecule has 0 saturated carbocycles. The highest BCUT2D eigenvalue weighted by atomic mass is 35.5. The molecule has 107 heavy (non-hydrogen) atoms. The lowest BCUT2D eigenvalue weighted by Gasteiger charge is -2.41. The number of aliphatic hydroxyl groups is 3. The number of hydrogen-bond donors (Lipinski definition) is 10. The minimum atomic E-state index is -1.39. The Morgan fingerprint density at radius 1 is 0.486 bits per heavy atom. The molecule has 4 aliphatic rings. The molecule has 3 aromatic heterocycles. The quantitative estimate of drug-likeness (QED) is 0.0251. The van der Waals surface area contributed by atoms with E-state index in [0.717, 1.165) is 72.2 Å². The molecule has 4 saturated heterocycles. The van der Waals surface area contributed by atoms with Crippen molar-refractivity contribution in [2.45, 2.75) is 140 Å². The van der Waals surface area contributed by atoms with Crippen LogP contribution in [0.4, 0.5) is 34.1 Å². The Hall–Kier alpha value is -9.90. The van der Waals surface area contributed by atoms with Crippen molar-refractivity contribution in [1.82, 2.24) is 56.1 Å². The van der Waals surface area contributed by atoms with Crippen LogP contribution < -0.4 is 47.0 Å². The van der Waals surface area contributed by atoms with Gasteiger partial charge in [-0.05, 0) is 115 Å². The lowest BCUT2D eigenvalue weighted by molar-refractivity contribution is 0.0121. The van der Waals surface area contributed by atoms with Gasteiger partial charge in [-0.15, -0.1) is 0 Å². The van der Waals surface area contributed by atoms with Crippen molar-refractivity contribution in [3.05, 3.63) is 246 Å². The summed E-state index contributed by atoms with van der Waals surface area (Å²) in [5.74, 6) is 1.40. The number of carbonyl (C=O) groups excluding carboxylic acids is 4. The lowest BCUT2D eigenvalue weighted by Crippen LogP contribution is -2.57. The number of carbonyl (C=O) groups is 4. The van der Waals surface area contributed by atoms with Crippen LogP contribution in [0, 0.1) is 0 Å². The van der Waals surface area contributed by atoms with Gasteiger partial charge in [-0.1, -0.05) is 162 Å². The van der Waals surface area contributed by atoms with E-state index in [0.29, 0.717) is 131 Å². The number of piperazine rings is 2. The number of anilines is 5. The second-order valence-corrected chi connectivity index (χ2v) is 29.8. The molecular weight excluding hydrogens is 1440 g/mol. The Balaban J connectivity index is 0.000000162. The predicted molar refractivity (Wildman–Crippen MR) is 415 cm³/mol. The number of amides is 4. The molecule has 29 heteroatoms. The normalized spacial score (nSPS) is 16.6. The van der Waals surface area contributed by atoms with E-state index in [1.165, 1.54) is 12.5 Å². The smallest absolute Gasteiger partial charge is 0.410 e. The number of aromatic nitrogens is 6. The van der Waals surface area contributed by atoms with Gasteiger partial charge < -0.3 is 67.1 Å². The molecule has 6 aromatic carbocycles. The van der Waals surface area contributed by atoms with Crippen molar-refractivity contribution in [2.24, 2.45) is 0 Å². The van der Waals surface area contributed by atoms with Crippen molar-refractivity contribution >= 4 is 98.8 Å². The maximum absolute atomic E-state index is 13.3. The van der Waals surface area contributed by atoms with Crippen LogP contribution in [-0.2, 0) is 74.6 Å². The van der Waals surface area contributed by atoms with Gasteiger partial charge in [0.15, 0.2) is 0 Å². The third-order valence-electron chi connectivity index (χ3n) is 18.3. The largest absolute Gasteiger partial charge is 0.444 e. The van der Waals surface area contributed by atoms with E-state index in [4.69, 9.17) is 49.5 Å². The summed E-state index contributed by atoms with van der Waals surface area (Å²) in [6, 6.07) is 46.1. The van der Waals surface area contributed by atoms with Crippen LogP contribution in [0.25, 0.3) is 0 Å². The van der Waals surface area contributed by atoms with Crippen LogP contribution >= 0.6 is 34.8 Å². The van der Waals surface area contributed by atoms with Crippen LogP contribution in [0.15, 0.2) is 169 Å². The lowest BCUT2D eigenvalue weighted by atomic mass is 10.1. The number of rotatable bonds is 24. The van der Waals surface area contributed by atoms with E-state index in [2.05, 4.69) is 67.0 Å². The standard InChI is InChI=1S/C31H37ClN6O4.C26H29ClN6O2.C21H21ClN4O3S/c1-31(2,3)42-30(41)38-23-11-12-24(38)18-37(17-23)29-35-16-25(28(40)34-14-20-7-5-4-6-8-20)27(36-29)33-15-21-9-10-22(19-39)26(32)13-21;27-23-10-18(6-7-19(23)16-34)12-28-24-22(25(35)29-11-17-4-2-1-3-5-17)13-30-26(32-24)33-14-20-8-9-21(15-33)31-20;1-30(29)21-25-12-17(20(28)24-10-14-5-3-2-4-6-14)19(26-21)23-11-15-7-8-16(13-27)18(22)9-15/h4-10,13,16,23-24,39H,11-12,14-15,17-19H2,1-3H3,(H,34,40)(H,33,35,36);1-7,10,13,20-21,31,34H,8-9,11-12,14-16H2,(H,29,35)(H,28,30,32);2-9,12,27H,10-11,13H2,1H3,(H,24,28)(H,23,25,26). The molecule has 7 heterocycles. The minimum Gasteiger partial charge on any atom is -0.444 e. The molecule has 0 aliphatic carbocycles. The molecule has 4 fully saturated rings. The highest BCUT2D eigenvalue weighted by Gasteiger charge is 2.45. The maximum Gasteiger partial charge on any atom is 0.410 e. The monoisotopic (exact) mass is 1530 g/mol. The van der Waals surface area contributed by atoms with Gasteiger partial charge in [0.05, 0.1) is 42.7 Å². The zero-order valence-electron chi connectivity index (χ0n) is 59.8. The highest BCUT2D eigenvalue weighted by Crippen LogP contribution is 2.35. The molecular formula is C78H87Cl3N16O9S. The number of aliphatic hydroxyl groups excluding tert-OH is 3. The molecule has 0 radical (unpaired) electrons. The summed E-state index contributed by atoms with van der Waals surface area (Å²) in [5.41, 5.74) is 7.94. The van der Waals surface area contributed by atoms with Gasteiger partial charge >= 0.3 is 6.09 Å². The van der Waals surface area contributed by atoms with Gasteiger partial charge in [0.25, 0.3) is 17.7 Å². The third-order valence-corrected chi connectivity index (χ3v) is 20.1. The summed E-state index contributed by atoms with van der Waals surface area (Å²) in [6.45, 7) is 10.3. The first-order valence-electron chi connectivity index (χ1n) is 35.2. The first kappa shape index (κ1) is 78.2. The van der Waals surface area contributed by atoms with Gasteiger partial charge in [0, 0.05) is 117 Å². The van der Waals surface area contributed by atoms with E-state index in [1.54, 1.807) is 42.7 Å². The van der Waals surface area contributed by atoms with E-state index >= 15 is 0 Å². The number of benzene rings is 6. The third kappa shape index (κ3) is 21.5. The fourth-order valence-electron chi connectivity index (χ4n) is 12.8. The molecule has 5 atom stereocenters. The van der Waals surface area contributed by atoms with Crippen LogP contribution in [0.2, 0.25) is 15.1 Å². The number of ether oxygens (including phenoxy) is 1. The summed E-state index contributed by atoms with van der Waals surface area (Å²) in [7, 11) is -1.39. The first-order valence-corrected chi connectivity index (χ1v) is 37.9. The van der Waals surface area contributed by atoms with Crippen LogP contribution in [-0.4, -0.2) is 140 Å². The van der Waals surface area contributed by atoms with Gasteiger partial charge in [-0.2, -0.15) is 9.97 Å². The Morgan fingerprint density at radius 2 is 0.841 bits per heavy atom. The number of halogens is 3. The summed E-state index contributed by atoms with van der Waals surface area (Å²) >= 11 is 18.7. The van der Waals surface area contributed by atoms with E-state index in [-0.39, 0.29) is 72.3 Å². The molecule has 4 aliphatic heterocycles. The molecule has 13 rings (SSSR count). The molecule has 25 nitrogen and oxygen atoms in total. The first-order chi connectivity index (χ1) is 51.7. The Bertz CT molecular complexity index is 4570. The van der Waals surface area contributed by atoms with Crippen molar-refractivity contribution in [1.29, 1.82) is 0 Å². The summed E-state index contributed by atoms with van der Waals surface area (Å²) in [4.78, 5) is 85.2. The average molecular weight is 1530 g/mol. The van der Waals surface area contributed by atoms with Gasteiger partial charge in [0.2, 0.25) is 17.1 Å². The molecule has 5 unspecified atom stereocenters. The zero-order chi connectivity index (χ0) is 75.6. The van der Waals surface area contributed by atoms with E-state index in [9.17, 15) is 38.7 Å². The number of nitrogens with one attached hydrogen (secondary N) is 7. The highest BCUT2D eigenvalue weighted by molar-refractivity contribution is 7.84. The van der Waals surface area contributed by atoms with E-state index < -0.39 is 16.4 Å². The van der Waals surface area contributed by atoms with E-state index in [1.807, 2.05) is 141 Å². The maximum atomic E-state index is 13.3. The molecule has 9 aromatic rings. The van der Waals surface area contributed by atoms with Gasteiger partial charge in [0.1, 0.15) is 39.7 Å². The Morgan fingerprint density at radius 3 is 1.19 bits per heavy atom. The average Bonchev–Trinajstić information content (AvgIpc) is 1.64. The predicted octanol–water partition coefficient (Wildman–Crippen LogP) is 10.8. The van der Waals surface area contributed by atoms with Crippen molar-refractivity contribution in [3.8, 4) is 0 Å². The van der Waals surface area contributed by atoms with Crippen molar-refractivity contribution < 1.29 is 43.4 Å². The van der Waals surface area contributed by atoms with Crippen LogP contribution in [0.1, 0.15) is 128 Å². The second kappa shape index (κ2) is 37.1. The topological polar surface area (TPSA) is 327 Å². The zero-order valence-corrected chi connectivity index (χ0v) is 62.9. The molecule has 10 N–H and O–H groups in total. The fourth-order valence-corrected chi connectivity index (χ4v) is 14.0. The number of nitrogens with zero attached hydrogens (tertiary/aromatic N) is 9. The number of fused-ring (bicyclic) bond motifs is 4. The van der Waals surface area contributed by atoms with Crippen LogP contribution in [0.3, 0.4) is 0 Å². The SMILES string of the molecule is CC(C)(C)OC(=O)N1C2CCC1CN(c1ncc(C(=O)NCc3ccccc3)c(NCc3ccc(CO)c(Cl)c3)n1)C2.CS(=O)c1ncc(C(=O)NCc2ccccc2)c(NCc2ccc(CO)c(Cl)c2)n1.O=C(NCc1ccccc1)c1cnc(N2CC3CCC(C2)N3)nc1NCc1ccc(CO)c(Cl)c1. The summed E-state index contributed by atoms with van der Waals surface area (Å²) < 4.78 is 17.5. The number of hydrogen-bond acceptors (Lipinski definition) is 21. The van der Waals surface area contributed by atoms with Gasteiger partial charge in [-0.3, -0.25) is 23.5 Å². The summed E-state index contributed by atoms with van der Waals surface area (Å²) in [5, 5.41) is 51.7. The molecule has 560 valence electrons. The second-order valence-electron chi connectivity index (χ2n) is 27.3. The van der Waals surface area contributed by atoms with Gasteiger partial charge in [-0.25, -0.2) is 24.7 Å². The molecule has 4 amide bonds. The van der Waals surface area contributed by atoms with Crippen molar-refractivity contribution in [2.75, 3.05) is 58.2 Å². The fraction of sp³-hybridized carbons (Fsp3) is 0.333. The van der Waals surface area contributed by atoms with Crippen LogP contribution in [0.5, 0.6) is 0 Å². The Kier molecular flexibility index (Phi) is 27.1. The minimum absolute atomic E-state index is 0.000335. The molecule has 0 spiro atoms. The summed E-state index contributed by atoms with van der Waals surface area (Å²) in [6.07, 6.45) is 9.82. The van der Waals surface area contributed by atoms with Crippen molar-refractivity contribution in [3.63, 3.8) is 0 Å².